The molecule has 1 heterocycles. The predicted molar refractivity (Wildman–Crippen MR) is 313 cm³/mol. The lowest BCUT2D eigenvalue weighted by Crippen LogP contribution is -2.60. The quantitative estimate of drug-likeness (QED) is 0.0261. The fraction of sp³-hybridized carbons (Fsp3) is 0.800. The summed E-state index contributed by atoms with van der Waals surface area (Å²) in [5.74, 6) is -0.187. The summed E-state index contributed by atoms with van der Waals surface area (Å²) in [6.07, 6.45) is 68.4. The molecule has 1 rings (SSSR count). The number of allylic oxidation sites excluding steroid dienone is 11. The van der Waals surface area contributed by atoms with Gasteiger partial charge in [-0.1, -0.05) is 273 Å². The molecule has 0 aromatic heterocycles. The van der Waals surface area contributed by atoms with Gasteiger partial charge >= 0.3 is 0 Å². The number of nitrogens with one attached hydrogen (secondary N) is 1. The summed E-state index contributed by atoms with van der Waals surface area (Å²) in [6.45, 7) is 3.68. The number of rotatable bonds is 53. The Hall–Kier alpha value is -2.37. The van der Waals surface area contributed by atoms with Gasteiger partial charge in [-0.2, -0.15) is 0 Å². The molecular weight excluding hydrogens is 923 g/mol. The summed E-state index contributed by atoms with van der Waals surface area (Å²) in [5.41, 5.74) is 0. The fourth-order valence-electron chi connectivity index (χ4n) is 9.64. The summed E-state index contributed by atoms with van der Waals surface area (Å²) in [7, 11) is 0. The molecule has 1 aliphatic heterocycles. The van der Waals surface area contributed by atoms with E-state index in [-0.39, 0.29) is 12.5 Å². The third-order valence-electron chi connectivity index (χ3n) is 14.5. The molecule has 9 nitrogen and oxygen atoms in total. The molecule has 0 aliphatic carbocycles. The van der Waals surface area contributed by atoms with Gasteiger partial charge in [0.05, 0.1) is 25.4 Å². The van der Waals surface area contributed by atoms with E-state index in [2.05, 4.69) is 79.9 Å². The second-order valence-corrected chi connectivity index (χ2v) is 21.5. The minimum atomic E-state index is -1.58. The number of amides is 1. The molecule has 7 unspecified atom stereocenters. The van der Waals surface area contributed by atoms with Crippen molar-refractivity contribution in [3.05, 3.63) is 72.9 Å². The molecule has 430 valence electrons. The van der Waals surface area contributed by atoms with E-state index in [0.29, 0.717) is 6.42 Å². The van der Waals surface area contributed by atoms with Crippen molar-refractivity contribution in [3.8, 4) is 0 Å². The van der Waals surface area contributed by atoms with E-state index in [1.165, 1.54) is 193 Å². The Balaban J connectivity index is 2.21. The lowest BCUT2D eigenvalue weighted by molar-refractivity contribution is -0.302. The highest BCUT2D eigenvalue weighted by Gasteiger charge is 2.44. The molecule has 1 fully saturated rings. The Labute approximate surface area is 455 Å². The van der Waals surface area contributed by atoms with Crippen LogP contribution in [0.25, 0.3) is 0 Å². The Bertz CT molecular complexity index is 1390. The van der Waals surface area contributed by atoms with Crippen LogP contribution in [0.2, 0.25) is 0 Å². The van der Waals surface area contributed by atoms with E-state index in [1.807, 2.05) is 6.08 Å². The number of hydrogen-bond donors (Lipinski definition) is 6. The van der Waals surface area contributed by atoms with Crippen LogP contribution in [-0.2, 0) is 14.3 Å². The van der Waals surface area contributed by atoms with Gasteiger partial charge in [-0.25, -0.2) is 0 Å². The number of aliphatic hydroxyl groups is 5. The maximum absolute atomic E-state index is 13.1. The fourth-order valence-corrected chi connectivity index (χ4v) is 9.64. The van der Waals surface area contributed by atoms with Crippen molar-refractivity contribution < 1.29 is 39.8 Å². The maximum Gasteiger partial charge on any atom is 0.220 e. The number of aliphatic hydroxyl groups excluding tert-OH is 5. The first-order valence-electron chi connectivity index (χ1n) is 31.2. The highest BCUT2D eigenvalue weighted by atomic mass is 16.7. The van der Waals surface area contributed by atoms with E-state index < -0.39 is 49.5 Å². The van der Waals surface area contributed by atoms with Gasteiger partial charge in [0.15, 0.2) is 6.29 Å². The standard InChI is InChI=1S/C65H117NO8/c1-3-5-7-9-11-13-15-17-19-21-23-25-27-29-30-31-33-35-37-39-41-43-45-47-49-51-53-55-61(69)66-58(57-73-65-64(72)63(71)62(70)60(56-67)74-65)59(68)54-52-50-48-46-44-42-40-38-36-34-32-28-26-24-22-20-18-16-14-12-10-8-6-4-2/h5,7,11,13,17,19,23,25,44,46,52,54,58-60,62-65,67-68,70-72H,3-4,6,8-10,12,14-16,18,20-22,24,26-43,45,47-51,53,55-57H2,1-2H3,(H,66,69)/b7-5-,13-11-,19-17-,25-23-,46-44+,54-52+. The van der Waals surface area contributed by atoms with Crippen molar-refractivity contribution in [1.82, 2.24) is 5.32 Å². The average molecular weight is 1040 g/mol. The summed E-state index contributed by atoms with van der Waals surface area (Å²) < 4.78 is 11.3. The van der Waals surface area contributed by atoms with Crippen molar-refractivity contribution in [2.24, 2.45) is 0 Å². The summed E-state index contributed by atoms with van der Waals surface area (Å²) in [5, 5.41) is 54.6. The molecule has 74 heavy (non-hydrogen) atoms. The van der Waals surface area contributed by atoms with Gasteiger partial charge in [0.25, 0.3) is 0 Å². The van der Waals surface area contributed by atoms with Crippen LogP contribution < -0.4 is 5.32 Å². The SMILES string of the molecule is CC/C=C\C/C=C\C/C=C\C/C=C\CCCCCCCCCCCCCCCCC(=O)NC(COC1OC(CO)C(O)C(O)C1O)C(O)/C=C/CC/C=C/CCCCCCCCCCCCCCCCCCCC. The molecule has 1 aliphatic rings. The zero-order valence-corrected chi connectivity index (χ0v) is 47.8. The molecule has 7 atom stereocenters. The normalized spacial score (nSPS) is 19.5. The molecule has 0 saturated carbocycles. The molecule has 0 aromatic rings. The van der Waals surface area contributed by atoms with Crippen molar-refractivity contribution in [2.45, 2.75) is 320 Å². The minimum Gasteiger partial charge on any atom is -0.394 e. The second kappa shape index (κ2) is 54.0. The average Bonchev–Trinajstić information content (AvgIpc) is 3.40. The number of carbonyl (C=O) groups excluding carboxylic acids is 1. The monoisotopic (exact) mass is 1040 g/mol. The van der Waals surface area contributed by atoms with E-state index in [9.17, 15) is 30.3 Å². The van der Waals surface area contributed by atoms with Crippen LogP contribution in [0, 0.1) is 0 Å². The first-order chi connectivity index (χ1) is 36.3. The number of ether oxygens (including phenoxy) is 2. The van der Waals surface area contributed by atoms with E-state index >= 15 is 0 Å². The third kappa shape index (κ3) is 42.7. The maximum atomic E-state index is 13.1. The molecule has 9 heteroatoms. The summed E-state index contributed by atoms with van der Waals surface area (Å²) in [4.78, 5) is 13.1. The van der Waals surface area contributed by atoms with Gasteiger partial charge in [0.2, 0.25) is 5.91 Å². The zero-order chi connectivity index (χ0) is 53.6. The van der Waals surface area contributed by atoms with Gasteiger partial charge in [0.1, 0.15) is 24.4 Å². The molecule has 0 spiro atoms. The highest BCUT2D eigenvalue weighted by Crippen LogP contribution is 2.23. The van der Waals surface area contributed by atoms with E-state index in [1.54, 1.807) is 6.08 Å². The molecule has 0 radical (unpaired) electrons. The van der Waals surface area contributed by atoms with Crippen LogP contribution in [0.4, 0.5) is 0 Å². The van der Waals surface area contributed by atoms with Gasteiger partial charge < -0.3 is 40.3 Å². The van der Waals surface area contributed by atoms with Crippen LogP contribution in [0.3, 0.4) is 0 Å². The number of carbonyl (C=O) groups is 1. The van der Waals surface area contributed by atoms with Gasteiger partial charge in [0, 0.05) is 6.42 Å². The summed E-state index contributed by atoms with van der Waals surface area (Å²) >= 11 is 0. The largest absolute Gasteiger partial charge is 0.394 e. The highest BCUT2D eigenvalue weighted by molar-refractivity contribution is 5.76. The minimum absolute atomic E-state index is 0.187. The molecular formula is C65H117NO8. The molecule has 1 amide bonds. The lowest BCUT2D eigenvalue weighted by atomic mass is 9.99. The Kier molecular flexibility index (Phi) is 50.8. The number of unbranched alkanes of at least 4 members (excludes halogenated alkanes) is 33. The Morgan fingerprint density at radius 1 is 0.473 bits per heavy atom. The first-order valence-corrected chi connectivity index (χ1v) is 31.2. The van der Waals surface area contributed by atoms with Crippen molar-refractivity contribution in [2.75, 3.05) is 13.2 Å². The lowest BCUT2D eigenvalue weighted by Gasteiger charge is -2.40. The topological polar surface area (TPSA) is 149 Å². The van der Waals surface area contributed by atoms with Crippen molar-refractivity contribution >= 4 is 5.91 Å². The first kappa shape index (κ1) is 69.6. The van der Waals surface area contributed by atoms with Crippen LogP contribution in [0.5, 0.6) is 0 Å². The molecule has 6 N–H and O–H groups in total. The molecule has 1 saturated heterocycles. The van der Waals surface area contributed by atoms with Crippen molar-refractivity contribution in [3.63, 3.8) is 0 Å². The van der Waals surface area contributed by atoms with Gasteiger partial charge in [-0.15, -0.1) is 0 Å². The predicted octanol–water partition coefficient (Wildman–Crippen LogP) is 16.0. The van der Waals surface area contributed by atoms with E-state index in [0.717, 1.165) is 64.2 Å². The Morgan fingerprint density at radius 3 is 1.30 bits per heavy atom. The van der Waals surface area contributed by atoms with Gasteiger partial charge in [-0.3, -0.25) is 4.79 Å². The smallest absolute Gasteiger partial charge is 0.220 e. The zero-order valence-electron chi connectivity index (χ0n) is 47.8. The van der Waals surface area contributed by atoms with Crippen LogP contribution >= 0.6 is 0 Å². The Morgan fingerprint density at radius 2 is 0.851 bits per heavy atom. The molecule has 0 aromatic carbocycles. The molecule has 0 bridgehead atoms. The van der Waals surface area contributed by atoms with Crippen LogP contribution in [0.1, 0.15) is 277 Å². The van der Waals surface area contributed by atoms with Crippen LogP contribution in [0.15, 0.2) is 72.9 Å². The van der Waals surface area contributed by atoms with E-state index in [4.69, 9.17) is 9.47 Å². The number of hydrogen-bond acceptors (Lipinski definition) is 8. The second-order valence-electron chi connectivity index (χ2n) is 21.5. The van der Waals surface area contributed by atoms with Crippen molar-refractivity contribution in [1.29, 1.82) is 0 Å². The van der Waals surface area contributed by atoms with Crippen LogP contribution in [-0.4, -0.2) is 87.5 Å². The summed E-state index contributed by atoms with van der Waals surface area (Å²) in [6, 6.07) is -0.826. The van der Waals surface area contributed by atoms with Gasteiger partial charge in [-0.05, 0) is 70.6 Å². The third-order valence-corrected chi connectivity index (χ3v) is 14.5.